The second-order valence-corrected chi connectivity index (χ2v) is 6.29. The lowest BCUT2D eigenvalue weighted by molar-refractivity contribution is -0.136. The summed E-state index contributed by atoms with van der Waals surface area (Å²) < 4.78 is 40.5. The second kappa shape index (κ2) is 4.24. The average molecular weight is 394 g/mol. The lowest BCUT2D eigenvalue weighted by atomic mass is 10.1. The molecule has 1 N–H and O–H groups in total. The second-order valence-electron chi connectivity index (χ2n) is 4.08. The predicted molar refractivity (Wildman–Crippen MR) is 78.7 cm³/mol. The van der Waals surface area contributed by atoms with E-state index in [0.29, 0.717) is 10.1 Å². The summed E-state index contributed by atoms with van der Waals surface area (Å²) in [4.78, 5) is 0. The van der Waals surface area contributed by atoms with Crippen molar-refractivity contribution in [3.63, 3.8) is 0 Å². The Bertz CT molecular complexity index is 792. The minimum atomic E-state index is -4.38. The first-order valence-corrected chi connectivity index (χ1v) is 7.18. The van der Waals surface area contributed by atoms with Crippen LogP contribution in [0.15, 0.2) is 30.3 Å². The zero-order valence-electron chi connectivity index (χ0n) is 9.25. The normalized spacial score (nSPS) is 12.4. The molecule has 1 heterocycles. The summed E-state index contributed by atoms with van der Waals surface area (Å²) in [5.41, 5.74) is -0.591. The third-order valence-electron chi connectivity index (χ3n) is 2.86. The van der Waals surface area contributed by atoms with Crippen LogP contribution in [0.4, 0.5) is 13.2 Å². The summed E-state index contributed by atoms with van der Waals surface area (Å²) in [5.74, 6) is 0.0577. The van der Waals surface area contributed by atoms with Crippen LogP contribution in [-0.4, -0.2) is 5.11 Å². The molecule has 98 valence electrons. The predicted octanol–water partition coefficient (Wildman–Crippen LogP) is 5.38. The molecule has 6 heteroatoms. The third-order valence-corrected chi connectivity index (χ3v) is 4.94. The van der Waals surface area contributed by atoms with Gasteiger partial charge in [0.1, 0.15) is 5.75 Å². The van der Waals surface area contributed by atoms with Crippen LogP contribution in [0.25, 0.3) is 20.2 Å². The van der Waals surface area contributed by atoms with Crippen molar-refractivity contribution in [2.75, 3.05) is 0 Å². The molecule has 2 aromatic carbocycles. The Morgan fingerprint density at radius 3 is 2.42 bits per heavy atom. The quantitative estimate of drug-likeness (QED) is 0.508. The van der Waals surface area contributed by atoms with Gasteiger partial charge in [-0.25, -0.2) is 0 Å². The van der Waals surface area contributed by atoms with Crippen molar-refractivity contribution in [3.8, 4) is 5.75 Å². The summed E-state index contributed by atoms with van der Waals surface area (Å²) in [6.07, 6.45) is -4.38. The monoisotopic (exact) mass is 394 g/mol. The van der Waals surface area contributed by atoms with E-state index in [-0.39, 0.29) is 14.0 Å². The molecule has 1 aromatic heterocycles. The molecule has 0 radical (unpaired) electrons. The van der Waals surface area contributed by atoms with Crippen LogP contribution in [0.1, 0.15) is 5.56 Å². The largest absolute Gasteiger partial charge is 0.508 e. The highest BCUT2D eigenvalue weighted by Gasteiger charge is 2.36. The maximum absolute atomic E-state index is 13.1. The molecule has 0 spiro atoms. The third kappa shape index (κ3) is 2.06. The number of phenolic OH excluding ortho intramolecular Hbond substituents is 1. The van der Waals surface area contributed by atoms with Gasteiger partial charge in [-0.2, -0.15) is 13.2 Å². The maximum Gasteiger partial charge on any atom is 0.418 e. The van der Waals surface area contributed by atoms with Crippen LogP contribution in [0.5, 0.6) is 5.75 Å². The van der Waals surface area contributed by atoms with E-state index in [1.807, 2.05) is 0 Å². The maximum atomic E-state index is 13.1. The molecular weight excluding hydrogens is 388 g/mol. The summed E-state index contributed by atoms with van der Waals surface area (Å²) in [5, 5.41) is 10.7. The fourth-order valence-electron chi connectivity index (χ4n) is 2.07. The Labute approximate surface area is 123 Å². The van der Waals surface area contributed by atoms with Crippen molar-refractivity contribution < 1.29 is 18.3 Å². The van der Waals surface area contributed by atoms with Crippen LogP contribution in [-0.2, 0) is 6.18 Å². The van der Waals surface area contributed by atoms with Gasteiger partial charge in [0.05, 0.1) is 5.56 Å². The Morgan fingerprint density at radius 2 is 1.74 bits per heavy atom. The fourth-order valence-corrected chi connectivity index (χ4v) is 4.31. The van der Waals surface area contributed by atoms with E-state index in [1.54, 1.807) is 34.7 Å². The summed E-state index contributed by atoms with van der Waals surface area (Å²) in [6.45, 7) is 0. The van der Waals surface area contributed by atoms with Gasteiger partial charge in [0.15, 0.2) is 0 Å². The van der Waals surface area contributed by atoms with Crippen molar-refractivity contribution >= 4 is 54.1 Å². The molecule has 0 fully saturated rings. The van der Waals surface area contributed by atoms with Crippen molar-refractivity contribution in [2.24, 2.45) is 0 Å². The van der Waals surface area contributed by atoms with E-state index in [1.165, 1.54) is 18.2 Å². The van der Waals surface area contributed by atoms with E-state index in [2.05, 4.69) is 0 Å². The van der Waals surface area contributed by atoms with Crippen molar-refractivity contribution in [3.05, 3.63) is 39.5 Å². The smallest absolute Gasteiger partial charge is 0.418 e. The molecular formula is C13H6F3IOS. The first kappa shape index (κ1) is 13.0. The van der Waals surface area contributed by atoms with E-state index in [9.17, 15) is 18.3 Å². The van der Waals surface area contributed by atoms with Gasteiger partial charge in [0, 0.05) is 23.7 Å². The van der Waals surface area contributed by atoms with Gasteiger partial charge in [-0.1, -0.05) is 6.07 Å². The molecule has 3 aromatic rings. The number of rotatable bonds is 0. The van der Waals surface area contributed by atoms with Crippen LogP contribution in [0, 0.1) is 3.57 Å². The molecule has 0 atom stereocenters. The number of hydrogen-bond acceptors (Lipinski definition) is 2. The molecule has 0 amide bonds. The first-order chi connectivity index (χ1) is 8.88. The average Bonchev–Trinajstić information content (AvgIpc) is 2.63. The van der Waals surface area contributed by atoms with E-state index in [4.69, 9.17) is 0 Å². The SMILES string of the molecule is Oc1ccc2c(c1)sc1c(C(F)(F)F)c(I)ccc12. The van der Waals surface area contributed by atoms with Gasteiger partial charge in [-0.3, -0.25) is 0 Å². The number of aromatic hydroxyl groups is 1. The number of fused-ring (bicyclic) bond motifs is 3. The zero-order valence-corrected chi connectivity index (χ0v) is 12.2. The molecule has 0 bridgehead atoms. The Morgan fingerprint density at radius 1 is 1.05 bits per heavy atom. The molecule has 0 saturated carbocycles. The van der Waals surface area contributed by atoms with Crippen LogP contribution < -0.4 is 0 Å². The molecule has 0 unspecified atom stereocenters. The highest BCUT2D eigenvalue weighted by atomic mass is 127. The van der Waals surface area contributed by atoms with E-state index in [0.717, 1.165) is 16.7 Å². The summed E-state index contributed by atoms with van der Waals surface area (Å²) in [7, 11) is 0. The molecule has 3 rings (SSSR count). The Hall–Kier alpha value is -1.02. The van der Waals surface area contributed by atoms with Gasteiger partial charge in [0.2, 0.25) is 0 Å². The number of hydrogen-bond donors (Lipinski definition) is 1. The highest BCUT2D eigenvalue weighted by molar-refractivity contribution is 14.1. The number of alkyl halides is 3. The van der Waals surface area contributed by atoms with E-state index < -0.39 is 11.7 Å². The van der Waals surface area contributed by atoms with Crippen molar-refractivity contribution in [1.29, 1.82) is 0 Å². The molecule has 0 saturated heterocycles. The topological polar surface area (TPSA) is 20.2 Å². The zero-order chi connectivity index (χ0) is 13.8. The van der Waals surface area contributed by atoms with E-state index >= 15 is 0 Å². The van der Waals surface area contributed by atoms with Crippen LogP contribution in [0.2, 0.25) is 0 Å². The number of halogens is 4. The number of thiophene rings is 1. The van der Waals surface area contributed by atoms with Gasteiger partial charge >= 0.3 is 6.18 Å². The van der Waals surface area contributed by atoms with Gasteiger partial charge in [0.25, 0.3) is 0 Å². The van der Waals surface area contributed by atoms with Crippen LogP contribution in [0.3, 0.4) is 0 Å². The molecule has 0 aliphatic carbocycles. The molecule has 0 aliphatic heterocycles. The lowest BCUT2D eigenvalue weighted by Crippen LogP contribution is -2.07. The highest BCUT2D eigenvalue weighted by Crippen LogP contribution is 2.44. The Balaban J connectivity index is 2.50. The molecule has 0 aliphatic rings. The minimum Gasteiger partial charge on any atom is -0.508 e. The molecule has 1 nitrogen and oxygen atoms in total. The molecule has 19 heavy (non-hydrogen) atoms. The van der Waals surface area contributed by atoms with Crippen molar-refractivity contribution in [1.82, 2.24) is 0 Å². The van der Waals surface area contributed by atoms with Gasteiger partial charge < -0.3 is 5.11 Å². The van der Waals surface area contributed by atoms with Crippen LogP contribution >= 0.6 is 33.9 Å². The summed E-state index contributed by atoms with van der Waals surface area (Å²) in [6, 6.07) is 7.80. The van der Waals surface area contributed by atoms with Gasteiger partial charge in [-0.15, -0.1) is 11.3 Å². The number of phenols is 1. The lowest BCUT2D eigenvalue weighted by Gasteiger charge is -2.09. The number of benzene rings is 2. The van der Waals surface area contributed by atoms with Crippen molar-refractivity contribution in [2.45, 2.75) is 6.18 Å². The Kier molecular flexibility index (Phi) is 2.90. The standard InChI is InChI=1S/C13H6F3IOS/c14-13(15,16)11-9(17)4-3-8-7-2-1-6(18)5-10(7)19-12(8)11/h1-5,18H. The minimum absolute atomic E-state index is 0.0577. The summed E-state index contributed by atoms with van der Waals surface area (Å²) >= 11 is 2.76. The first-order valence-electron chi connectivity index (χ1n) is 5.29. The fraction of sp³-hybridized carbons (Fsp3) is 0.0769. The van der Waals surface area contributed by atoms with Gasteiger partial charge in [-0.05, 0) is 46.9 Å².